The van der Waals surface area contributed by atoms with E-state index in [-0.39, 0.29) is 11.6 Å². The lowest BCUT2D eigenvalue weighted by molar-refractivity contribution is -0.117. The average Bonchev–Trinajstić information content (AvgIpc) is 3.35. The summed E-state index contributed by atoms with van der Waals surface area (Å²) >= 11 is 0. The Kier molecular flexibility index (Phi) is 8.17. The quantitative estimate of drug-likeness (QED) is 0.217. The molecular formula is C31H30N4O2. The molecule has 0 fully saturated rings. The predicted molar refractivity (Wildman–Crippen MR) is 146 cm³/mol. The van der Waals surface area contributed by atoms with Gasteiger partial charge in [0.1, 0.15) is 23.1 Å². The number of amides is 1. The molecule has 1 atom stereocenters. The summed E-state index contributed by atoms with van der Waals surface area (Å²) in [5.41, 5.74) is 5.06. The van der Waals surface area contributed by atoms with Crippen LogP contribution in [0.4, 0.5) is 0 Å². The van der Waals surface area contributed by atoms with Gasteiger partial charge in [0, 0.05) is 17.3 Å². The molecule has 1 N–H and O–H groups in total. The van der Waals surface area contributed by atoms with Crippen molar-refractivity contribution in [2.45, 2.75) is 33.2 Å². The van der Waals surface area contributed by atoms with Gasteiger partial charge in [0.2, 0.25) is 0 Å². The van der Waals surface area contributed by atoms with Crippen LogP contribution in [0.15, 0.2) is 90.6 Å². The van der Waals surface area contributed by atoms with Crippen LogP contribution in [-0.2, 0) is 4.79 Å². The van der Waals surface area contributed by atoms with Crippen LogP contribution in [0.25, 0.3) is 23.0 Å². The molecule has 0 saturated heterocycles. The standard InChI is InChI=1S/C31H30N4O2/c1-4-17-37-29-16-15-25(18-22(29)2)30-27(21-35(34-30)28-13-9-6-10-14-28)19-26(20-32)31(36)33-23(3)24-11-7-5-8-12-24/h5-16,18-19,21,23H,4,17H2,1-3H3,(H,33,36). The monoisotopic (exact) mass is 490 g/mol. The second-order valence-corrected chi connectivity index (χ2v) is 8.82. The molecule has 6 nitrogen and oxygen atoms in total. The number of carbonyl (C=O) groups excluding carboxylic acids is 1. The molecule has 0 aliphatic carbocycles. The molecule has 0 spiro atoms. The van der Waals surface area contributed by atoms with Crippen molar-refractivity contribution in [1.29, 1.82) is 5.26 Å². The molecule has 4 rings (SSSR count). The lowest BCUT2D eigenvalue weighted by Crippen LogP contribution is -2.27. The van der Waals surface area contributed by atoms with Crippen molar-refractivity contribution >= 4 is 12.0 Å². The number of aryl methyl sites for hydroxylation is 1. The van der Waals surface area contributed by atoms with Crippen LogP contribution in [-0.4, -0.2) is 22.3 Å². The first-order valence-corrected chi connectivity index (χ1v) is 12.4. The highest BCUT2D eigenvalue weighted by atomic mass is 16.5. The fourth-order valence-corrected chi connectivity index (χ4v) is 4.00. The first-order valence-electron chi connectivity index (χ1n) is 12.4. The molecular weight excluding hydrogens is 460 g/mol. The van der Waals surface area contributed by atoms with Gasteiger partial charge in [-0.1, -0.05) is 55.5 Å². The maximum Gasteiger partial charge on any atom is 0.262 e. The molecule has 186 valence electrons. The Balaban J connectivity index is 1.71. The highest BCUT2D eigenvalue weighted by Crippen LogP contribution is 2.30. The van der Waals surface area contributed by atoms with Gasteiger partial charge in [-0.15, -0.1) is 0 Å². The van der Waals surface area contributed by atoms with Crippen LogP contribution < -0.4 is 10.1 Å². The normalized spacial score (nSPS) is 12.0. The fourth-order valence-electron chi connectivity index (χ4n) is 4.00. The third-order valence-electron chi connectivity index (χ3n) is 5.99. The van der Waals surface area contributed by atoms with Gasteiger partial charge in [-0.25, -0.2) is 4.68 Å². The number of hydrogen-bond donors (Lipinski definition) is 1. The molecule has 0 aliphatic rings. The lowest BCUT2D eigenvalue weighted by atomic mass is 10.0. The molecule has 3 aromatic carbocycles. The Morgan fingerprint density at radius 2 is 1.81 bits per heavy atom. The zero-order valence-electron chi connectivity index (χ0n) is 21.3. The number of nitriles is 1. The van der Waals surface area contributed by atoms with Crippen LogP contribution >= 0.6 is 0 Å². The fraction of sp³-hybridized carbons (Fsp3) is 0.194. The number of nitrogens with zero attached hydrogens (tertiary/aromatic N) is 3. The van der Waals surface area contributed by atoms with Crippen LogP contribution in [0.3, 0.4) is 0 Å². The molecule has 0 radical (unpaired) electrons. The summed E-state index contributed by atoms with van der Waals surface area (Å²) in [6.45, 7) is 6.62. The molecule has 0 bridgehead atoms. The van der Waals surface area contributed by atoms with E-state index in [1.165, 1.54) is 0 Å². The number of para-hydroxylation sites is 1. The van der Waals surface area contributed by atoms with E-state index >= 15 is 0 Å². The molecule has 0 saturated carbocycles. The van der Waals surface area contributed by atoms with Gasteiger partial charge in [-0.05, 0) is 67.8 Å². The van der Waals surface area contributed by atoms with Crippen molar-refractivity contribution in [2.75, 3.05) is 6.61 Å². The SMILES string of the molecule is CCCOc1ccc(-c2nn(-c3ccccc3)cc2C=C(C#N)C(=O)NC(C)c2ccccc2)cc1C. The third kappa shape index (κ3) is 6.14. The van der Waals surface area contributed by atoms with Gasteiger partial charge < -0.3 is 10.1 Å². The summed E-state index contributed by atoms with van der Waals surface area (Å²) in [7, 11) is 0. The number of rotatable bonds is 9. The van der Waals surface area contributed by atoms with E-state index < -0.39 is 5.91 Å². The van der Waals surface area contributed by atoms with Crippen molar-refractivity contribution in [1.82, 2.24) is 15.1 Å². The van der Waals surface area contributed by atoms with E-state index in [0.717, 1.165) is 34.5 Å². The van der Waals surface area contributed by atoms with Gasteiger partial charge in [0.25, 0.3) is 5.91 Å². The first-order chi connectivity index (χ1) is 18.0. The molecule has 6 heteroatoms. The number of aromatic nitrogens is 2. The number of ether oxygens (including phenoxy) is 1. The van der Waals surface area contributed by atoms with E-state index in [1.54, 1.807) is 10.8 Å². The number of hydrogen-bond acceptors (Lipinski definition) is 4. The maximum absolute atomic E-state index is 13.0. The number of benzene rings is 3. The second kappa shape index (κ2) is 11.9. The van der Waals surface area contributed by atoms with E-state index in [1.807, 2.05) is 98.9 Å². The molecule has 1 aromatic heterocycles. The van der Waals surface area contributed by atoms with Gasteiger partial charge in [0.05, 0.1) is 18.3 Å². The van der Waals surface area contributed by atoms with Crippen LogP contribution in [0.2, 0.25) is 0 Å². The maximum atomic E-state index is 13.0. The van der Waals surface area contributed by atoms with Gasteiger partial charge in [0.15, 0.2) is 0 Å². The summed E-state index contributed by atoms with van der Waals surface area (Å²) in [5, 5.41) is 17.6. The topological polar surface area (TPSA) is 79.9 Å². The second-order valence-electron chi connectivity index (χ2n) is 8.82. The largest absolute Gasteiger partial charge is 0.493 e. The summed E-state index contributed by atoms with van der Waals surface area (Å²) < 4.78 is 7.60. The Hall–Kier alpha value is -4.63. The highest BCUT2D eigenvalue weighted by Gasteiger charge is 2.18. The summed E-state index contributed by atoms with van der Waals surface area (Å²) in [6, 6.07) is 27.1. The molecule has 0 aliphatic heterocycles. The molecule has 1 heterocycles. The predicted octanol–water partition coefficient (Wildman–Crippen LogP) is 6.42. The first kappa shape index (κ1) is 25.5. The Bertz CT molecular complexity index is 1430. The van der Waals surface area contributed by atoms with Crippen molar-refractivity contribution in [3.8, 4) is 28.8 Å². The minimum Gasteiger partial charge on any atom is -0.493 e. The van der Waals surface area contributed by atoms with E-state index in [0.29, 0.717) is 17.9 Å². The molecule has 1 unspecified atom stereocenters. The average molecular weight is 491 g/mol. The number of carbonyl (C=O) groups is 1. The van der Waals surface area contributed by atoms with Crippen molar-refractivity contribution in [3.05, 3.63) is 107 Å². The van der Waals surface area contributed by atoms with E-state index in [9.17, 15) is 10.1 Å². The molecule has 1 amide bonds. The molecule has 4 aromatic rings. The van der Waals surface area contributed by atoms with Gasteiger partial charge in [-0.3, -0.25) is 4.79 Å². The Morgan fingerprint density at radius 1 is 1.11 bits per heavy atom. The van der Waals surface area contributed by atoms with E-state index in [2.05, 4.69) is 18.3 Å². The van der Waals surface area contributed by atoms with Gasteiger partial charge >= 0.3 is 0 Å². The lowest BCUT2D eigenvalue weighted by Gasteiger charge is -2.13. The third-order valence-corrected chi connectivity index (χ3v) is 5.99. The zero-order chi connectivity index (χ0) is 26.2. The highest BCUT2D eigenvalue weighted by molar-refractivity contribution is 6.02. The van der Waals surface area contributed by atoms with Crippen LogP contribution in [0.1, 0.15) is 43.0 Å². The minimum absolute atomic E-state index is 0.0104. The smallest absolute Gasteiger partial charge is 0.262 e. The van der Waals surface area contributed by atoms with Gasteiger partial charge in [-0.2, -0.15) is 10.4 Å². The van der Waals surface area contributed by atoms with Crippen LogP contribution in [0, 0.1) is 18.3 Å². The van der Waals surface area contributed by atoms with Crippen molar-refractivity contribution in [3.63, 3.8) is 0 Å². The Morgan fingerprint density at radius 3 is 2.46 bits per heavy atom. The molecule has 37 heavy (non-hydrogen) atoms. The summed E-state index contributed by atoms with van der Waals surface area (Å²) in [4.78, 5) is 13.0. The summed E-state index contributed by atoms with van der Waals surface area (Å²) in [6.07, 6.45) is 4.37. The summed E-state index contributed by atoms with van der Waals surface area (Å²) in [5.74, 6) is 0.397. The Labute approximate surface area is 217 Å². The van der Waals surface area contributed by atoms with Crippen molar-refractivity contribution in [2.24, 2.45) is 0 Å². The van der Waals surface area contributed by atoms with Crippen LogP contribution in [0.5, 0.6) is 5.75 Å². The van der Waals surface area contributed by atoms with Crippen molar-refractivity contribution < 1.29 is 9.53 Å². The minimum atomic E-state index is -0.434. The zero-order valence-corrected chi connectivity index (χ0v) is 21.3. The number of nitrogens with one attached hydrogen (secondary N) is 1. The van der Waals surface area contributed by atoms with E-state index in [4.69, 9.17) is 9.84 Å².